The van der Waals surface area contributed by atoms with Gasteiger partial charge < -0.3 is 35.4 Å². The van der Waals surface area contributed by atoms with E-state index in [1.807, 2.05) is 12.2 Å². The molecule has 6 N–H and O–H groups in total. The highest BCUT2D eigenvalue weighted by Gasteiger charge is 2.39. The number of unbranched alkanes of at least 4 members (excludes halogenated alkanes) is 13. The summed E-state index contributed by atoms with van der Waals surface area (Å²) in [6, 6.07) is -1.56. The summed E-state index contributed by atoms with van der Waals surface area (Å²) in [5, 5.41) is 29.5. The van der Waals surface area contributed by atoms with Crippen molar-refractivity contribution in [3.05, 3.63) is 24.3 Å². The van der Waals surface area contributed by atoms with Crippen molar-refractivity contribution in [2.45, 2.75) is 173 Å². The topological polar surface area (TPSA) is 229 Å². The van der Waals surface area contributed by atoms with Crippen molar-refractivity contribution in [3.63, 3.8) is 0 Å². The molecule has 0 aromatic rings. The number of ketones is 1. The number of aliphatic carboxylic acids is 1. The number of phosphoric ester groups is 1. The van der Waals surface area contributed by atoms with Gasteiger partial charge in [-0.25, -0.2) is 4.57 Å². The highest BCUT2D eigenvalue weighted by molar-refractivity contribution is 7.47. The number of esters is 2. The smallest absolute Gasteiger partial charge is 0.472 e. The van der Waals surface area contributed by atoms with Crippen LogP contribution in [0.4, 0.5) is 0 Å². The number of aliphatic hydroxyl groups is 2. The van der Waals surface area contributed by atoms with E-state index < -0.39 is 69.9 Å². The Morgan fingerprint density at radius 2 is 1.42 bits per heavy atom. The maximum atomic E-state index is 12.6. The van der Waals surface area contributed by atoms with Crippen LogP contribution in [0.1, 0.15) is 149 Å². The number of phosphoric acid groups is 1. The minimum atomic E-state index is -4.77. The van der Waals surface area contributed by atoms with Crippen molar-refractivity contribution in [1.82, 2.24) is 0 Å². The van der Waals surface area contributed by atoms with E-state index in [0.717, 1.165) is 44.9 Å². The van der Waals surface area contributed by atoms with Crippen LogP contribution in [0.5, 0.6) is 0 Å². The molecule has 0 aliphatic heterocycles. The van der Waals surface area contributed by atoms with Crippen molar-refractivity contribution in [2.24, 2.45) is 17.6 Å². The van der Waals surface area contributed by atoms with Gasteiger partial charge in [0.2, 0.25) is 0 Å². The van der Waals surface area contributed by atoms with E-state index in [2.05, 4.69) is 18.4 Å². The average Bonchev–Trinajstić information content (AvgIpc) is 3.41. The van der Waals surface area contributed by atoms with Crippen LogP contribution in [0.2, 0.25) is 0 Å². The normalized spacial score (nSPS) is 20.1. The van der Waals surface area contributed by atoms with Crippen LogP contribution in [-0.2, 0) is 42.3 Å². The first-order valence-electron chi connectivity index (χ1n) is 20.5. The number of hydrogen-bond donors (Lipinski definition) is 5. The fraction of sp³-hybridized carbons (Fsp3) is 0.800. The third-order valence-electron chi connectivity index (χ3n) is 9.57. The maximum Gasteiger partial charge on any atom is 0.472 e. The van der Waals surface area contributed by atoms with Crippen LogP contribution in [0.15, 0.2) is 24.3 Å². The van der Waals surface area contributed by atoms with Crippen LogP contribution in [0, 0.1) is 11.8 Å². The molecule has 15 heteroatoms. The minimum absolute atomic E-state index is 0.0261. The Morgan fingerprint density at radius 1 is 0.836 bits per heavy atom. The average molecular weight is 804 g/mol. The van der Waals surface area contributed by atoms with Gasteiger partial charge in [-0.2, -0.15) is 0 Å². The first kappa shape index (κ1) is 50.6. The third-order valence-corrected chi connectivity index (χ3v) is 10.5. The van der Waals surface area contributed by atoms with Crippen molar-refractivity contribution in [3.8, 4) is 0 Å². The molecule has 0 aromatic carbocycles. The molecule has 1 saturated carbocycles. The van der Waals surface area contributed by atoms with E-state index in [0.29, 0.717) is 32.1 Å². The fourth-order valence-electron chi connectivity index (χ4n) is 6.22. The lowest BCUT2D eigenvalue weighted by atomic mass is 9.90. The number of ether oxygens (including phenoxy) is 2. The first-order chi connectivity index (χ1) is 26.3. The minimum Gasteiger partial charge on any atom is -0.480 e. The highest BCUT2D eigenvalue weighted by atomic mass is 31.2. The van der Waals surface area contributed by atoms with Gasteiger partial charge in [0.05, 0.1) is 25.4 Å². The molecule has 1 rings (SSSR count). The van der Waals surface area contributed by atoms with Crippen LogP contribution in [-0.4, -0.2) is 88.1 Å². The van der Waals surface area contributed by atoms with E-state index in [-0.39, 0.29) is 36.9 Å². The van der Waals surface area contributed by atoms with Gasteiger partial charge in [-0.1, -0.05) is 122 Å². The number of rotatable bonds is 34. The number of carbonyl (C=O) groups excluding carboxylic acids is 3. The van der Waals surface area contributed by atoms with Crippen molar-refractivity contribution < 1.29 is 62.5 Å². The molecule has 0 saturated heterocycles. The van der Waals surface area contributed by atoms with Gasteiger partial charge in [-0.3, -0.25) is 28.2 Å². The summed E-state index contributed by atoms with van der Waals surface area (Å²) < 4.78 is 32.5. The Morgan fingerprint density at radius 3 is 2.05 bits per heavy atom. The number of hydrogen-bond acceptors (Lipinski definition) is 12. The van der Waals surface area contributed by atoms with Crippen LogP contribution in [0.3, 0.4) is 0 Å². The molecular formula is C40H70NO13P. The SMILES string of the molecule is CCCCCCCCCCCCCC(=O)O[C@H](COC(=O)CCC/C=C\C[C@H]1C(=O)C[C@@H](O)[C@@H]1/C=C/[C@@H](O)CCCCC)COP(=O)(O)OC[C@H](N)C(=O)O. The second kappa shape index (κ2) is 30.7. The van der Waals surface area contributed by atoms with Gasteiger partial charge in [0.15, 0.2) is 6.10 Å². The molecule has 318 valence electrons. The third kappa shape index (κ3) is 25.4. The lowest BCUT2D eigenvalue weighted by Gasteiger charge is -2.20. The largest absolute Gasteiger partial charge is 0.480 e. The van der Waals surface area contributed by atoms with Crippen LogP contribution < -0.4 is 5.73 Å². The zero-order valence-electron chi connectivity index (χ0n) is 33.2. The lowest BCUT2D eigenvalue weighted by molar-refractivity contribution is -0.161. The summed E-state index contributed by atoms with van der Waals surface area (Å²) in [5.74, 6) is -3.39. The molecule has 55 heavy (non-hydrogen) atoms. The van der Waals surface area contributed by atoms with Crippen molar-refractivity contribution in [2.75, 3.05) is 19.8 Å². The standard InChI is InChI=1S/C40H70NO13P/c1-3-5-7-8-9-10-11-12-13-14-20-24-39(46)54-32(29-52-55(49,50)53-30-35(41)40(47)48)28-51-38(45)23-19-16-15-18-22-33-34(37(44)27-36(33)43)26-25-31(42)21-17-6-4-2/h15,18,25-26,31-35,37,42,44H,3-14,16-17,19-24,27-30,41H2,1-2H3,(H,47,48)(H,49,50)/b18-15-,26-25+/t31-,32+,33+,34+,35-,37+/m0/s1. The molecule has 1 unspecified atom stereocenters. The Kier molecular flexibility index (Phi) is 28.2. The molecule has 7 atom stereocenters. The Bertz CT molecular complexity index is 1200. The van der Waals surface area contributed by atoms with Gasteiger partial charge >= 0.3 is 25.7 Å². The number of carboxylic acids is 1. The van der Waals surface area contributed by atoms with Crippen LogP contribution >= 0.6 is 7.82 Å². The van der Waals surface area contributed by atoms with Gasteiger partial charge in [0, 0.05) is 31.1 Å². The molecule has 0 bridgehead atoms. The molecule has 0 aromatic heterocycles. The zero-order chi connectivity index (χ0) is 40.9. The maximum absolute atomic E-state index is 12.6. The summed E-state index contributed by atoms with van der Waals surface area (Å²) in [4.78, 5) is 58.5. The van der Waals surface area contributed by atoms with Gasteiger partial charge in [-0.15, -0.1) is 0 Å². The molecule has 14 nitrogen and oxygen atoms in total. The van der Waals surface area contributed by atoms with E-state index in [4.69, 9.17) is 24.8 Å². The Balaban J connectivity index is 2.54. The number of aliphatic hydroxyl groups excluding tert-OH is 2. The van der Waals surface area contributed by atoms with Gasteiger partial charge in [-0.05, 0) is 32.1 Å². The predicted molar refractivity (Wildman–Crippen MR) is 209 cm³/mol. The quantitative estimate of drug-likeness (QED) is 0.0194. The molecule has 1 aliphatic carbocycles. The second-order valence-electron chi connectivity index (χ2n) is 14.6. The molecule has 0 amide bonds. The van der Waals surface area contributed by atoms with E-state index in [1.165, 1.54) is 38.5 Å². The summed E-state index contributed by atoms with van der Waals surface area (Å²) >= 11 is 0. The fourth-order valence-corrected chi connectivity index (χ4v) is 7.00. The number of Topliss-reactive ketones (excluding diaryl/α,β-unsaturated/α-hetero) is 1. The molecule has 0 heterocycles. The second-order valence-corrected chi connectivity index (χ2v) is 16.0. The molecule has 1 aliphatic rings. The molecule has 0 spiro atoms. The predicted octanol–water partition coefficient (Wildman–Crippen LogP) is 6.87. The van der Waals surface area contributed by atoms with Crippen molar-refractivity contribution in [1.29, 1.82) is 0 Å². The number of nitrogens with two attached hydrogens (primary N) is 1. The number of carboxylic acid groups (broad SMARTS) is 1. The van der Waals surface area contributed by atoms with E-state index in [1.54, 1.807) is 12.2 Å². The zero-order valence-corrected chi connectivity index (χ0v) is 34.1. The Hall–Kier alpha value is -2.45. The van der Waals surface area contributed by atoms with E-state index in [9.17, 15) is 38.8 Å². The first-order valence-corrected chi connectivity index (χ1v) is 22.0. The summed E-state index contributed by atoms with van der Waals surface area (Å²) in [5.41, 5.74) is 5.31. The summed E-state index contributed by atoms with van der Waals surface area (Å²) in [6.45, 7) is 2.40. The summed E-state index contributed by atoms with van der Waals surface area (Å²) in [6.07, 6.45) is 22.0. The monoisotopic (exact) mass is 803 g/mol. The molecule has 0 radical (unpaired) electrons. The highest BCUT2D eigenvalue weighted by Crippen LogP contribution is 2.43. The van der Waals surface area contributed by atoms with Gasteiger partial charge in [0.1, 0.15) is 18.4 Å². The molecular weight excluding hydrogens is 733 g/mol. The van der Waals surface area contributed by atoms with Crippen molar-refractivity contribution >= 4 is 31.5 Å². The van der Waals surface area contributed by atoms with E-state index >= 15 is 0 Å². The number of carbonyl (C=O) groups is 4. The van der Waals surface area contributed by atoms with Gasteiger partial charge in [0.25, 0.3) is 0 Å². The van der Waals surface area contributed by atoms with Crippen LogP contribution in [0.25, 0.3) is 0 Å². The lowest BCUT2D eigenvalue weighted by Crippen LogP contribution is -2.34. The number of allylic oxidation sites excluding steroid dienone is 2. The Labute approximate surface area is 328 Å². The summed E-state index contributed by atoms with van der Waals surface area (Å²) in [7, 11) is -4.77. The molecule has 1 fully saturated rings.